The molecule has 0 amide bonds. The highest BCUT2D eigenvalue weighted by atomic mass is 35.5. The van der Waals surface area contributed by atoms with E-state index in [0.29, 0.717) is 37.0 Å². The number of nitrogens with zero attached hydrogens (tertiary/aromatic N) is 3. The quantitative estimate of drug-likeness (QED) is 0.602. The number of fused-ring (bicyclic) bond motifs is 1. The molecule has 3 aromatic rings. The number of alkyl halides is 3. The van der Waals surface area contributed by atoms with Gasteiger partial charge in [0.1, 0.15) is 10.8 Å². The second-order valence-electron chi connectivity index (χ2n) is 7.09. The van der Waals surface area contributed by atoms with Gasteiger partial charge in [-0.15, -0.1) is 0 Å². The van der Waals surface area contributed by atoms with Gasteiger partial charge in [0.15, 0.2) is 0 Å². The van der Waals surface area contributed by atoms with Crippen molar-refractivity contribution in [3.63, 3.8) is 0 Å². The van der Waals surface area contributed by atoms with Crippen molar-refractivity contribution < 1.29 is 17.6 Å². The lowest BCUT2D eigenvalue weighted by atomic mass is 9.88. The fourth-order valence-corrected chi connectivity index (χ4v) is 4.01. The van der Waals surface area contributed by atoms with Crippen LogP contribution in [-0.2, 0) is 19.1 Å². The Kier molecular flexibility index (Phi) is 5.05. The number of aromatic nitrogens is 4. The first kappa shape index (κ1) is 20.4. The minimum absolute atomic E-state index is 0.0164. The van der Waals surface area contributed by atoms with E-state index in [-0.39, 0.29) is 10.6 Å². The van der Waals surface area contributed by atoms with Crippen LogP contribution in [0.3, 0.4) is 0 Å². The van der Waals surface area contributed by atoms with Gasteiger partial charge in [-0.1, -0.05) is 24.6 Å². The summed E-state index contributed by atoms with van der Waals surface area (Å²) >= 11 is 6.07. The number of hydrogen-bond acceptors (Lipinski definition) is 4. The average molecular weight is 442 g/mol. The summed E-state index contributed by atoms with van der Waals surface area (Å²) in [6, 6.07) is 2.68. The fraction of sp³-hybridized carbons (Fsp3) is 0.316. The molecule has 2 N–H and O–H groups in total. The second-order valence-corrected chi connectivity index (χ2v) is 7.46. The molecule has 1 unspecified atom stereocenters. The van der Waals surface area contributed by atoms with Gasteiger partial charge in [-0.2, -0.15) is 23.4 Å². The summed E-state index contributed by atoms with van der Waals surface area (Å²) in [4.78, 5) is 13.5. The lowest BCUT2D eigenvalue weighted by molar-refractivity contribution is -0.138. The number of rotatable bonds is 3. The van der Waals surface area contributed by atoms with Crippen LogP contribution < -0.4 is 10.5 Å². The van der Waals surface area contributed by atoms with Crippen LogP contribution in [0.5, 0.6) is 0 Å². The minimum Gasteiger partial charge on any atom is -0.363 e. The summed E-state index contributed by atoms with van der Waals surface area (Å²) in [6.45, 7) is 2.44. The molecule has 6 nitrogen and oxygen atoms in total. The number of halogens is 5. The van der Waals surface area contributed by atoms with E-state index in [1.807, 2.05) is 4.90 Å². The zero-order valence-corrected chi connectivity index (χ0v) is 16.4. The van der Waals surface area contributed by atoms with Crippen LogP contribution in [0.4, 0.5) is 23.2 Å². The van der Waals surface area contributed by atoms with Gasteiger partial charge < -0.3 is 4.90 Å². The molecule has 0 aliphatic carbocycles. The summed E-state index contributed by atoms with van der Waals surface area (Å²) in [5.74, 6) is -1.64. The fourth-order valence-electron chi connectivity index (χ4n) is 3.80. The maximum absolute atomic E-state index is 13.5. The number of aromatic amines is 2. The van der Waals surface area contributed by atoms with Gasteiger partial charge in [0, 0.05) is 18.0 Å². The third-order valence-corrected chi connectivity index (χ3v) is 5.65. The Bertz CT molecular complexity index is 1160. The highest BCUT2D eigenvalue weighted by Gasteiger charge is 2.36. The summed E-state index contributed by atoms with van der Waals surface area (Å²) in [5.41, 5.74) is 0.924. The van der Waals surface area contributed by atoms with E-state index in [2.05, 4.69) is 20.4 Å². The van der Waals surface area contributed by atoms with E-state index in [0.717, 1.165) is 23.4 Å². The van der Waals surface area contributed by atoms with Gasteiger partial charge in [0.25, 0.3) is 5.56 Å². The molecule has 0 bridgehead atoms. The van der Waals surface area contributed by atoms with Crippen molar-refractivity contribution in [3.05, 3.63) is 73.7 Å². The Balaban J connectivity index is 1.67. The van der Waals surface area contributed by atoms with Crippen molar-refractivity contribution in [2.75, 3.05) is 11.4 Å². The van der Waals surface area contributed by atoms with E-state index >= 15 is 0 Å². The largest absolute Gasteiger partial charge is 0.416 e. The van der Waals surface area contributed by atoms with Crippen LogP contribution >= 0.6 is 11.6 Å². The molecule has 3 heterocycles. The molecule has 30 heavy (non-hydrogen) atoms. The van der Waals surface area contributed by atoms with Gasteiger partial charge >= 0.3 is 6.18 Å². The molecule has 1 aliphatic rings. The van der Waals surface area contributed by atoms with Gasteiger partial charge in [-0.25, -0.2) is 9.49 Å². The molecule has 158 valence electrons. The van der Waals surface area contributed by atoms with Crippen molar-refractivity contribution >= 4 is 17.3 Å². The lowest BCUT2D eigenvalue weighted by Crippen LogP contribution is -2.32. The van der Waals surface area contributed by atoms with Crippen molar-refractivity contribution in [2.45, 2.75) is 32.0 Å². The Morgan fingerprint density at radius 2 is 2.03 bits per heavy atom. The number of anilines is 1. The monoisotopic (exact) mass is 441 g/mol. The number of benzene rings is 1. The molecular weight excluding hydrogens is 426 g/mol. The Labute approximate surface area is 172 Å². The van der Waals surface area contributed by atoms with Crippen LogP contribution in [0, 0.1) is 5.82 Å². The molecule has 1 aromatic carbocycles. The Hall–Kier alpha value is -2.88. The first-order valence-corrected chi connectivity index (χ1v) is 9.45. The third-order valence-electron chi connectivity index (χ3n) is 5.28. The molecule has 0 radical (unpaired) electrons. The van der Waals surface area contributed by atoms with E-state index < -0.39 is 29.0 Å². The SMILES string of the molecule is CC(c1ccc(F)cc1C(F)(F)F)c1n[nH]c2c1CCN(c1cn[nH]c(=O)c1Cl)C2. The summed E-state index contributed by atoms with van der Waals surface area (Å²) in [7, 11) is 0. The molecule has 2 aromatic heterocycles. The van der Waals surface area contributed by atoms with Crippen molar-refractivity contribution in [2.24, 2.45) is 0 Å². The van der Waals surface area contributed by atoms with Gasteiger partial charge in [-0.05, 0) is 24.1 Å². The highest BCUT2D eigenvalue weighted by molar-refractivity contribution is 6.33. The normalized spacial score (nSPS) is 15.2. The third kappa shape index (κ3) is 3.55. The molecule has 0 fully saturated rings. The predicted octanol–water partition coefficient (Wildman–Crippen LogP) is 4.02. The topological polar surface area (TPSA) is 77.7 Å². The maximum atomic E-state index is 13.5. The first-order chi connectivity index (χ1) is 14.2. The summed E-state index contributed by atoms with van der Waals surface area (Å²) < 4.78 is 53.7. The lowest BCUT2D eigenvalue weighted by Gasteiger charge is -2.29. The molecule has 0 saturated carbocycles. The van der Waals surface area contributed by atoms with E-state index in [1.165, 1.54) is 6.20 Å². The van der Waals surface area contributed by atoms with Crippen LogP contribution in [-0.4, -0.2) is 26.9 Å². The number of nitrogens with one attached hydrogen (secondary N) is 2. The van der Waals surface area contributed by atoms with Crippen molar-refractivity contribution in [1.29, 1.82) is 0 Å². The van der Waals surface area contributed by atoms with Gasteiger partial charge in [-0.3, -0.25) is 9.89 Å². The second kappa shape index (κ2) is 7.42. The first-order valence-electron chi connectivity index (χ1n) is 9.07. The van der Waals surface area contributed by atoms with Crippen molar-refractivity contribution in [3.8, 4) is 0 Å². The smallest absolute Gasteiger partial charge is 0.363 e. The molecule has 0 spiro atoms. The Morgan fingerprint density at radius 3 is 2.77 bits per heavy atom. The molecule has 1 atom stereocenters. The van der Waals surface area contributed by atoms with E-state index in [9.17, 15) is 22.4 Å². The Morgan fingerprint density at radius 1 is 1.27 bits per heavy atom. The predicted molar refractivity (Wildman–Crippen MR) is 102 cm³/mol. The van der Waals surface area contributed by atoms with Crippen LogP contribution in [0.25, 0.3) is 0 Å². The van der Waals surface area contributed by atoms with Gasteiger partial charge in [0.2, 0.25) is 0 Å². The summed E-state index contributed by atoms with van der Waals surface area (Å²) in [6.07, 6.45) is -2.75. The van der Waals surface area contributed by atoms with Crippen LogP contribution in [0.2, 0.25) is 5.02 Å². The van der Waals surface area contributed by atoms with Crippen molar-refractivity contribution in [1.82, 2.24) is 20.4 Å². The van der Waals surface area contributed by atoms with E-state index in [1.54, 1.807) is 6.92 Å². The molecule has 4 rings (SSSR count). The zero-order valence-electron chi connectivity index (χ0n) is 15.6. The van der Waals surface area contributed by atoms with Crippen LogP contribution in [0.15, 0.2) is 29.2 Å². The summed E-state index contributed by atoms with van der Waals surface area (Å²) in [5, 5.41) is 13.2. The number of hydrogen-bond donors (Lipinski definition) is 2. The molecular formula is C19H16ClF4N5O. The minimum atomic E-state index is -4.68. The van der Waals surface area contributed by atoms with E-state index in [4.69, 9.17) is 11.6 Å². The molecule has 0 saturated heterocycles. The average Bonchev–Trinajstić information content (AvgIpc) is 3.12. The standard InChI is InChI=1S/C19H16ClF4N5O/c1-9(11-3-2-10(21)6-13(11)19(22,23)24)17-12-4-5-29(8-14(12)26-27-17)15-7-25-28-18(30)16(15)20/h2-3,6-7,9H,4-5,8H2,1H3,(H,26,27)(H,28,30). The molecule has 1 aliphatic heterocycles. The number of H-pyrrole nitrogens is 2. The highest BCUT2D eigenvalue weighted by Crippen LogP contribution is 2.39. The molecule has 11 heteroatoms. The van der Waals surface area contributed by atoms with Crippen LogP contribution in [0.1, 0.15) is 40.9 Å². The van der Waals surface area contributed by atoms with Gasteiger partial charge in [0.05, 0.1) is 35.4 Å². The zero-order chi connectivity index (χ0) is 21.6. The maximum Gasteiger partial charge on any atom is 0.416 e.